The van der Waals surface area contributed by atoms with Crippen molar-refractivity contribution in [3.63, 3.8) is 0 Å². The van der Waals surface area contributed by atoms with Crippen LogP contribution in [0, 0.1) is 17.5 Å². The summed E-state index contributed by atoms with van der Waals surface area (Å²) < 4.78 is 41.1. The quantitative estimate of drug-likeness (QED) is 0.911. The molecule has 0 amide bonds. The highest BCUT2D eigenvalue weighted by Crippen LogP contribution is 2.34. The number of hydrogen-bond donors (Lipinski definition) is 1. The van der Waals surface area contributed by atoms with Crippen LogP contribution in [-0.4, -0.2) is 7.05 Å². The van der Waals surface area contributed by atoms with Crippen LogP contribution in [-0.2, 0) is 6.54 Å². The maximum atomic E-state index is 13.8. The van der Waals surface area contributed by atoms with E-state index in [0.717, 1.165) is 11.8 Å². The zero-order chi connectivity index (χ0) is 13.8. The van der Waals surface area contributed by atoms with Crippen molar-refractivity contribution in [2.24, 2.45) is 0 Å². The Balaban J connectivity index is 2.33. The zero-order valence-corrected chi connectivity index (χ0v) is 11.0. The standard InChI is InChI=1S/C14H12F3NS/c1-18-8-9-6-11(16)14(12(17)7-9)19-13-5-3-2-4-10(13)15/h2-7,18H,8H2,1H3. The SMILES string of the molecule is CNCc1cc(F)c(Sc2ccccc2F)c(F)c1. The van der Waals surface area contributed by atoms with E-state index in [9.17, 15) is 13.2 Å². The Morgan fingerprint density at radius 1 is 1.00 bits per heavy atom. The Labute approximate surface area is 113 Å². The summed E-state index contributed by atoms with van der Waals surface area (Å²) in [7, 11) is 1.69. The first-order chi connectivity index (χ1) is 9.11. The Kier molecular flexibility index (Phi) is 4.50. The van der Waals surface area contributed by atoms with Crippen molar-refractivity contribution in [2.75, 3.05) is 7.05 Å². The monoisotopic (exact) mass is 283 g/mol. The predicted molar refractivity (Wildman–Crippen MR) is 69.6 cm³/mol. The van der Waals surface area contributed by atoms with Gasteiger partial charge in [0.15, 0.2) is 0 Å². The fraction of sp³-hybridized carbons (Fsp3) is 0.143. The van der Waals surface area contributed by atoms with E-state index in [0.29, 0.717) is 12.1 Å². The van der Waals surface area contributed by atoms with Crippen molar-refractivity contribution in [2.45, 2.75) is 16.3 Å². The largest absolute Gasteiger partial charge is 0.316 e. The van der Waals surface area contributed by atoms with Crippen molar-refractivity contribution < 1.29 is 13.2 Å². The maximum absolute atomic E-state index is 13.8. The van der Waals surface area contributed by atoms with E-state index in [1.807, 2.05) is 0 Å². The molecular formula is C14H12F3NS. The molecule has 0 radical (unpaired) electrons. The number of nitrogens with one attached hydrogen (secondary N) is 1. The summed E-state index contributed by atoms with van der Waals surface area (Å²) in [5.74, 6) is -1.86. The van der Waals surface area contributed by atoms with Gasteiger partial charge in [-0.05, 0) is 36.9 Å². The number of halogens is 3. The highest BCUT2D eigenvalue weighted by Gasteiger charge is 2.14. The van der Waals surface area contributed by atoms with Gasteiger partial charge in [-0.2, -0.15) is 0 Å². The molecule has 0 saturated carbocycles. The van der Waals surface area contributed by atoms with Crippen LogP contribution in [0.25, 0.3) is 0 Å². The zero-order valence-electron chi connectivity index (χ0n) is 10.2. The van der Waals surface area contributed by atoms with E-state index in [4.69, 9.17) is 0 Å². The van der Waals surface area contributed by atoms with E-state index in [2.05, 4.69) is 5.32 Å². The summed E-state index contributed by atoms with van der Waals surface area (Å²) in [6.07, 6.45) is 0. The van der Waals surface area contributed by atoms with E-state index in [1.54, 1.807) is 13.1 Å². The van der Waals surface area contributed by atoms with Crippen LogP contribution in [0.5, 0.6) is 0 Å². The van der Waals surface area contributed by atoms with Crippen LogP contribution < -0.4 is 5.32 Å². The van der Waals surface area contributed by atoms with Crippen molar-refractivity contribution >= 4 is 11.8 Å². The molecule has 0 aliphatic rings. The fourth-order valence-corrected chi connectivity index (χ4v) is 2.50. The Morgan fingerprint density at radius 2 is 1.63 bits per heavy atom. The van der Waals surface area contributed by atoms with E-state index in [1.165, 1.54) is 30.3 Å². The predicted octanol–water partition coefficient (Wildman–Crippen LogP) is 3.97. The molecule has 1 N–H and O–H groups in total. The van der Waals surface area contributed by atoms with Gasteiger partial charge in [0, 0.05) is 11.4 Å². The summed E-state index contributed by atoms with van der Waals surface area (Å²) in [4.78, 5) is 0.00613. The first-order valence-electron chi connectivity index (χ1n) is 5.66. The number of hydrogen-bond acceptors (Lipinski definition) is 2. The molecule has 0 bridgehead atoms. The van der Waals surface area contributed by atoms with Gasteiger partial charge in [-0.3, -0.25) is 0 Å². The molecule has 100 valence electrons. The summed E-state index contributed by atoms with van der Waals surface area (Å²) >= 11 is 0.749. The fourth-order valence-electron chi connectivity index (χ4n) is 1.65. The van der Waals surface area contributed by atoms with Gasteiger partial charge in [-0.1, -0.05) is 23.9 Å². The average molecular weight is 283 g/mol. The number of rotatable bonds is 4. The Bertz CT molecular complexity index is 564. The van der Waals surface area contributed by atoms with Gasteiger partial charge in [0.25, 0.3) is 0 Å². The van der Waals surface area contributed by atoms with Crippen LogP contribution in [0.15, 0.2) is 46.2 Å². The van der Waals surface area contributed by atoms with Crippen molar-refractivity contribution in [3.8, 4) is 0 Å². The molecule has 19 heavy (non-hydrogen) atoms. The third-order valence-corrected chi connectivity index (χ3v) is 3.63. The molecule has 0 heterocycles. The minimum absolute atomic E-state index is 0.190. The van der Waals surface area contributed by atoms with E-state index in [-0.39, 0.29) is 9.79 Å². The summed E-state index contributed by atoms with van der Waals surface area (Å²) in [6, 6.07) is 8.40. The maximum Gasteiger partial charge on any atom is 0.140 e. The van der Waals surface area contributed by atoms with E-state index >= 15 is 0 Å². The van der Waals surface area contributed by atoms with Gasteiger partial charge in [0.2, 0.25) is 0 Å². The molecule has 0 spiro atoms. The minimum Gasteiger partial charge on any atom is -0.316 e. The van der Waals surface area contributed by atoms with Gasteiger partial charge in [0.05, 0.1) is 4.90 Å². The van der Waals surface area contributed by atoms with Crippen LogP contribution in [0.3, 0.4) is 0 Å². The third kappa shape index (κ3) is 3.30. The molecule has 2 aromatic carbocycles. The summed E-state index contributed by atoms with van der Waals surface area (Å²) in [6.45, 7) is 0.373. The molecule has 0 saturated heterocycles. The summed E-state index contributed by atoms with van der Waals surface area (Å²) in [5, 5.41) is 2.82. The van der Waals surface area contributed by atoms with E-state index < -0.39 is 17.5 Å². The number of benzene rings is 2. The third-order valence-electron chi connectivity index (χ3n) is 2.49. The molecule has 0 atom stereocenters. The molecule has 1 nitrogen and oxygen atoms in total. The second-order valence-corrected chi connectivity index (χ2v) is 5.00. The molecule has 5 heteroatoms. The lowest BCUT2D eigenvalue weighted by molar-refractivity contribution is 0.535. The molecular weight excluding hydrogens is 271 g/mol. The van der Waals surface area contributed by atoms with Gasteiger partial charge in [-0.15, -0.1) is 0 Å². The van der Waals surface area contributed by atoms with Crippen LogP contribution in [0.4, 0.5) is 13.2 Å². The average Bonchev–Trinajstić information content (AvgIpc) is 2.36. The lowest BCUT2D eigenvalue weighted by Crippen LogP contribution is -2.06. The molecule has 0 fully saturated rings. The smallest absolute Gasteiger partial charge is 0.140 e. The van der Waals surface area contributed by atoms with Crippen molar-refractivity contribution in [3.05, 3.63) is 59.4 Å². The lowest BCUT2D eigenvalue weighted by Gasteiger charge is -2.08. The normalized spacial score (nSPS) is 10.7. The van der Waals surface area contributed by atoms with Crippen molar-refractivity contribution in [1.82, 2.24) is 5.32 Å². The molecule has 2 aromatic rings. The Hall–Kier alpha value is -1.46. The topological polar surface area (TPSA) is 12.0 Å². The molecule has 0 aromatic heterocycles. The van der Waals surface area contributed by atoms with Gasteiger partial charge < -0.3 is 5.32 Å². The van der Waals surface area contributed by atoms with Crippen LogP contribution in [0.1, 0.15) is 5.56 Å². The van der Waals surface area contributed by atoms with Gasteiger partial charge in [0.1, 0.15) is 17.5 Å². The van der Waals surface area contributed by atoms with Gasteiger partial charge >= 0.3 is 0 Å². The molecule has 2 rings (SSSR count). The summed E-state index contributed by atoms with van der Waals surface area (Å²) in [5.41, 5.74) is 0.510. The highest BCUT2D eigenvalue weighted by molar-refractivity contribution is 7.99. The van der Waals surface area contributed by atoms with Crippen LogP contribution >= 0.6 is 11.8 Å². The molecule has 0 aliphatic carbocycles. The van der Waals surface area contributed by atoms with Crippen LogP contribution in [0.2, 0.25) is 0 Å². The Morgan fingerprint density at radius 3 is 2.21 bits per heavy atom. The van der Waals surface area contributed by atoms with Crippen molar-refractivity contribution in [1.29, 1.82) is 0 Å². The first-order valence-corrected chi connectivity index (χ1v) is 6.48. The second-order valence-electron chi connectivity index (χ2n) is 3.95. The second kappa shape index (κ2) is 6.12. The van der Waals surface area contributed by atoms with Gasteiger partial charge in [-0.25, -0.2) is 13.2 Å². The minimum atomic E-state index is -0.682. The highest BCUT2D eigenvalue weighted by atomic mass is 32.2. The molecule has 0 aliphatic heterocycles. The lowest BCUT2D eigenvalue weighted by atomic mass is 10.2. The first kappa shape index (κ1) is 14.0. The molecule has 0 unspecified atom stereocenters.